The van der Waals surface area contributed by atoms with Gasteiger partial charge in [-0.05, 0) is 61.9 Å². The van der Waals surface area contributed by atoms with E-state index in [0.29, 0.717) is 11.4 Å². The molecule has 1 heterocycles. The molecule has 0 N–H and O–H groups in total. The van der Waals surface area contributed by atoms with Gasteiger partial charge in [0.1, 0.15) is 0 Å². The molecule has 1 atom stereocenters. The first kappa shape index (κ1) is 16.2. The van der Waals surface area contributed by atoms with Crippen molar-refractivity contribution in [1.82, 2.24) is 4.31 Å². The zero-order valence-electron chi connectivity index (χ0n) is 13.9. The second kappa shape index (κ2) is 6.10. The van der Waals surface area contributed by atoms with Crippen LogP contribution >= 0.6 is 0 Å². The lowest BCUT2D eigenvalue weighted by Gasteiger charge is -2.26. The lowest BCUT2D eigenvalue weighted by atomic mass is 10.0. The lowest BCUT2D eigenvalue weighted by molar-refractivity contribution is 0.395. The van der Waals surface area contributed by atoms with Crippen molar-refractivity contribution < 1.29 is 8.42 Å². The molecule has 1 saturated heterocycles. The Morgan fingerprint density at radius 3 is 2.48 bits per heavy atom. The number of rotatable bonds is 3. The van der Waals surface area contributed by atoms with Gasteiger partial charge in [0, 0.05) is 6.54 Å². The summed E-state index contributed by atoms with van der Waals surface area (Å²) >= 11 is 0. The molecular weight excluding hydrogens is 306 g/mol. The smallest absolute Gasteiger partial charge is 0.207 e. The Hall–Kier alpha value is -1.65. The summed E-state index contributed by atoms with van der Waals surface area (Å²) in [5, 5.41) is 0. The van der Waals surface area contributed by atoms with Crippen LogP contribution in [0.25, 0.3) is 0 Å². The van der Waals surface area contributed by atoms with Crippen molar-refractivity contribution in [2.24, 2.45) is 0 Å². The number of aryl methyl sites for hydroxylation is 3. The van der Waals surface area contributed by atoms with Crippen molar-refractivity contribution in [3.8, 4) is 0 Å². The molecule has 1 aliphatic rings. The fraction of sp³-hybridized carbons (Fsp3) is 0.368. The van der Waals surface area contributed by atoms with Crippen LogP contribution in [0.3, 0.4) is 0 Å². The van der Waals surface area contributed by atoms with Crippen LogP contribution < -0.4 is 0 Å². The van der Waals surface area contributed by atoms with Crippen LogP contribution in [0, 0.1) is 20.8 Å². The molecule has 1 aliphatic heterocycles. The van der Waals surface area contributed by atoms with Crippen LogP contribution in [0.5, 0.6) is 0 Å². The molecule has 0 aliphatic carbocycles. The fourth-order valence-corrected chi connectivity index (χ4v) is 5.40. The lowest BCUT2D eigenvalue weighted by Crippen LogP contribution is -2.31. The molecule has 122 valence electrons. The molecule has 3 nitrogen and oxygen atoms in total. The average Bonchev–Trinajstić information content (AvgIpc) is 3.00. The zero-order chi connectivity index (χ0) is 16.6. The number of hydrogen-bond acceptors (Lipinski definition) is 2. The van der Waals surface area contributed by atoms with Gasteiger partial charge in [0.15, 0.2) is 0 Å². The molecule has 0 bridgehead atoms. The standard InChI is InChI=1S/C19H23NO2S/c1-14-10-11-16(3)19(13-14)23(21,22)20-12-6-9-18(20)17-8-5-4-7-15(17)2/h4-5,7-8,10-11,13,18H,6,9,12H2,1-3H3/t18-/m1/s1. The summed E-state index contributed by atoms with van der Waals surface area (Å²) in [7, 11) is -3.47. The van der Waals surface area contributed by atoms with E-state index in [4.69, 9.17) is 0 Å². The monoisotopic (exact) mass is 329 g/mol. The molecule has 1 fully saturated rings. The van der Waals surface area contributed by atoms with E-state index in [1.165, 1.54) is 0 Å². The Labute approximate surface area is 139 Å². The maximum atomic E-state index is 13.2. The van der Waals surface area contributed by atoms with Gasteiger partial charge in [0.25, 0.3) is 0 Å². The summed E-state index contributed by atoms with van der Waals surface area (Å²) in [6, 6.07) is 13.7. The van der Waals surface area contributed by atoms with E-state index in [1.807, 2.05) is 38.1 Å². The van der Waals surface area contributed by atoms with Crippen LogP contribution in [0.2, 0.25) is 0 Å². The maximum absolute atomic E-state index is 13.2. The minimum absolute atomic E-state index is 0.0545. The highest BCUT2D eigenvalue weighted by Gasteiger charge is 2.37. The fourth-order valence-electron chi connectivity index (χ4n) is 3.41. The van der Waals surface area contributed by atoms with E-state index < -0.39 is 10.0 Å². The largest absolute Gasteiger partial charge is 0.243 e. The summed E-state index contributed by atoms with van der Waals surface area (Å²) in [4.78, 5) is 0.443. The van der Waals surface area contributed by atoms with Gasteiger partial charge in [-0.15, -0.1) is 0 Å². The van der Waals surface area contributed by atoms with Gasteiger partial charge in [-0.25, -0.2) is 8.42 Å². The third-order valence-electron chi connectivity index (χ3n) is 4.68. The van der Waals surface area contributed by atoms with Crippen molar-refractivity contribution in [2.45, 2.75) is 44.6 Å². The predicted molar refractivity (Wildman–Crippen MR) is 93.0 cm³/mol. The van der Waals surface area contributed by atoms with Crippen molar-refractivity contribution in [3.05, 3.63) is 64.7 Å². The van der Waals surface area contributed by atoms with Gasteiger partial charge in [-0.2, -0.15) is 4.31 Å². The molecule has 0 aromatic heterocycles. The van der Waals surface area contributed by atoms with Gasteiger partial charge in [-0.1, -0.05) is 36.4 Å². The number of sulfonamides is 1. The van der Waals surface area contributed by atoms with E-state index >= 15 is 0 Å². The first-order valence-corrected chi connectivity index (χ1v) is 9.50. The Kier molecular flexibility index (Phi) is 4.30. The Bertz CT molecular complexity index is 827. The molecule has 0 unspecified atom stereocenters. The van der Waals surface area contributed by atoms with Gasteiger partial charge in [0.05, 0.1) is 10.9 Å². The SMILES string of the molecule is Cc1ccc(C)c(S(=O)(=O)N2CCC[C@@H]2c2ccccc2C)c1. The van der Waals surface area contributed by atoms with Crippen LogP contribution in [0.15, 0.2) is 47.4 Å². The van der Waals surface area contributed by atoms with Crippen LogP contribution in [0.1, 0.15) is 41.1 Å². The number of benzene rings is 2. The molecule has 3 rings (SSSR count). The Morgan fingerprint density at radius 2 is 1.74 bits per heavy atom. The van der Waals surface area contributed by atoms with E-state index in [0.717, 1.165) is 35.1 Å². The van der Waals surface area contributed by atoms with E-state index in [-0.39, 0.29) is 6.04 Å². The van der Waals surface area contributed by atoms with Crippen LogP contribution in [-0.2, 0) is 10.0 Å². The maximum Gasteiger partial charge on any atom is 0.243 e. The summed E-state index contributed by atoms with van der Waals surface area (Å²) in [5.41, 5.74) is 4.06. The molecule has 2 aromatic rings. The third-order valence-corrected chi connectivity index (χ3v) is 6.73. The van der Waals surface area contributed by atoms with Gasteiger partial charge < -0.3 is 0 Å². The molecule has 0 amide bonds. The highest BCUT2D eigenvalue weighted by Crippen LogP contribution is 2.38. The molecule has 2 aromatic carbocycles. The van der Waals surface area contributed by atoms with Crippen molar-refractivity contribution in [3.63, 3.8) is 0 Å². The quantitative estimate of drug-likeness (QED) is 0.849. The molecule has 0 saturated carbocycles. The first-order valence-electron chi connectivity index (χ1n) is 8.06. The number of nitrogens with zero attached hydrogens (tertiary/aromatic N) is 1. The van der Waals surface area contributed by atoms with Crippen LogP contribution in [-0.4, -0.2) is 19.3 Å². The third kappa shape index (κ3) is 2.93. The first-order chi connectivity index (χ1) is 10.9. The highest BCUT2D eigenvalue weighted by molar-refractivity contribution is 7.89. The minimum Gasteiger partial charge on any atom is -0.207 e. The molecule has 23 heavy (non-hydrogen) atoms. The molecule has 4 heteroatoms. The summed E-state index contributed by atoms with van der Waals surface area (Å²) in [5.74, 6) is 0. The Morgan fingerprint density at radius 1 is 1.00 bits per heavy atom. The number of hydrogen-bond donors (Lipinski definition) is 0. The molecule has 0 spiro atoms. The van der Waals surface area contributed by atoms with Crippen LogP contribution in [0.4, 0.5) is 0 Å². The summed E-state index contributed by atoms with van der Waals surface area (Å²) < 4.78 is 28.1. The average molecular weight is 329 g/mol. The second-order valence-corrected chi connectivity index (χ2v) is 8.26. The van der Waals surface area contributed by atoms with E-state index in [2.05, 4.69) is 19.1 Å². The van der Waals surface area contributed by atoms with E-state index in [1.54, 1.807) is 10.4 Å². The van der Waals surface area contributed by atoms with Gasteiger partial charge in [0.2, 0.25) is 10.0 Å². The van der Waals surface area contributed by atoms with Gasteiger partial charge >= 0.3 is 0 Å². The zero-order valence-corrected chi connectivity index (χ0v) is 14.7. The molecule has 0 radical (unpaired) electrons. The molecular formula is C19H23NO2S. The predicted octanol–water partition coefficient (Wildman–Crippen LogP) is 4.14. The van der Waals surface area contributed by atoms with Gasteiger partial charge in [-0.3, -0.25) is 0 Å². The van der Waals surface area contributed by atoms with Crippen molar-refractivity contribution in [1.29, 1.82) is 0 Å². The highest BCUT2D eigenvalue weighted by atomic mass is 32.2. The second-order valence-electron chi connectivity index (χ2n) is 6.40. The minimum atomic E-state index is -3.47. The summed E-state index contributed by atoms with van der Waals surface area (Å²) in [6.45, 7) is 6.44. The summed E-state index contributed by atoms with van der Waals surface area (Å²) in [6.07, 6.45) is 1.79. The van der Waals surface area contributed by atoms with E-state index in [9.17, 15) is 8.42 Å². The topological polar surface area (TPSA) is 37.4 Å². The normalized spacial score (nSPS) is 19.2. The Balaban J connectivity index is 2.05. The van der Waals surface area contributed by atoms with Crippen molar-refractivity contribution >= 4 is 10.0 Å². The van der Waals surface area contributed by atoms with Crippen molar-refractivity contribution in [2.75, 3.05) is 6.54 Å².